The summed E-state index contributed by atoms with van der Waals surface area (Å²) in [5.74, 6) is -0.796. The van der Waals surface area contributed by atoms with E-state index in [9.17, 15) is 4.79 Å². The van der Waals surface area contributed by atoms with Crippen LogP contribution in [0.4, 0.5) is 0 Å². The van der Waals surface area contributed by atoms with Gasteiger partial charge in [-0.25, -0.2) is 0 Å². The lowest BCUT2D eigenvalue weighted by molar-refractivity contribution is -0.114. The van der Waals surface area contributed by atoms with Crippen LogP contribution in [0.25, 0.3) is 0 Å². The topological polar surface area (TPSA) is 90.9 Å². The summed E-state index contributed by atoms with van der Waals surface area (Å²) in [6, 6.07) is 11.4. The molecule has 92 valence electrons. The number of benzene rings is 1. The Morgan fingerprint density at radius 2 is 2.11 bits per heavy atom. The quantitative estimate of drug-likeness (QED) is 0.417. The molecule has 0 aliphatic carbocycles. The number of hydrogen-bond acceptors (Lipinski definition) is 3. The van der Waals surface area contributed by atoms with E-state index in [1.807, 2.05) is 30.3 Å². The lowest BCUT2D eigenvalue weighted by Crippen LogP contribution is -2.32. The minimum absolute atomic E-state index is 0.182. The van der Waals surface area contributed by atoms with Crippen LogP contribution in [-0.2, 0) is 11.3 Å². The van der Waals surface area contributed by atoms with Gasteiger partial charge in [0.2, 0.25) is 0 Å². The van der Waals surface area contributed by atoms with Crippen molar-refractivity contribution in [2.24, 2.45) is 5.73 Å². The van der Waals surface area contributed by atoms with Crippen LogP contribution in [0, 0.1) is 11.3 Å². The molecule has 0 heterocycles. The molecule has 0 bridgehead atoms. The van der Waals surface area contributed by atoms with Gasteiger partial charge in [-0.15, -0.1) is 0 Å². The first-order valence-corrected chi connectivity index (χ1v) is 5.52. The summed E-state index contributed by atoms with van der Waals surface area (Å²) < 4.78 is 0. The van der Waals surface area contributed by atoms with Crippen LogP contribution in [0.2, 0.25) is 0 Å². The maximum atomic E-state index is 10.8. The van der Waals surface area contributed by atoms with Crippen molar-refractivity contribution in [2.75, 3.05) is 0 Å². The minimum atomic E-state index is -0.796. The number of nitriles is 1. The van der Waals surface area contributed by atoms with E-state index in [-0.39, 0.29) is 5.57 Å². The highest BCUT2D eigenvalue weighted by Gasteiger charge is 2.02. The molecule has 1 amide bonds. The standard InChI is InChI=1S/C12H12N4OS/c13-6-10(11(14)17)8-16-12(18)15-7-9-4-2-1-3-5-9/h1-5,8H,7H2,(H2,14,17)(H2,15,16,18)/b10-8-. The van der Waals surface area contributed by atoms with Crippen LogP contribution in [0.5, 0.6) is 0 Å². The summed E-state index contributed by atoms with van der Waals surface area (Å²) in [5.41, 5.74) is 5.85. The highest BCUT2D eigenvalue weighted by atomic mass is 32.1. The number of thiocarbonyl (C=S) groups is 1. The molecule has 4 N–H and O–H groups in total. The first-order valence-electron chi connectivity index (χ1n) is 5.12. The van der Waals surface area contributed by atoms with Gasteiger partial charge in [-0.3, -0.25) is 4.79 Å². The number of carbonyl (C=O) groups is 1. The fourth-order valence-corrected chi connectivity index (χ4v) is 1.26. The summed E-state index contributed by atoms with van der Waals surface area (Å²) in [4.78, 5) is 10.8. The normalized spacial score (nSPS) is 10.3. The smallest absolute Gasteiger partial charge is 0.260 e. The molecule has 0 aromatic heterocycles. The summed E-state index contributed by atoms with van der Waals surface area (Å²) >= 11 is 4.98. The monoisotopic (exact) mass is 260 g/mol. The lowest BCUT2D eigenvalue weighted by atomic mass is 10.2. The number of nitrogens with zero attached hydrogens (tertiary/aromatic N) is 1. The highest BCUT2D eigenvalue weighted by Crippen LogP contribution is 1.96. The summed E-state index contributed by atoms with van der Waals surface area (Å²) in [6.45, 7) is 0.555. The molecule has 5 nitrogen and oxygen atoms in total. The fraction of sp³-hybridized carbons (Fsp3) is 0.0833. The van der Waals surface area contributed by atoms with Gasteiger partial charge in [-0.2, -0.15) is 5.26 Å². The molecule has 0 fully saturated rings. The van der Waals surface area contributed by atoms with Crippen LogP contribution in [0.1, 0.15) is 5.56 Å². The lowest BCUT2D eigenvalue weighted by Gasteiger charge is -2.07. The van der Waals surface area contributed by atoms with Gasteiger partial charge in [0.05, 0.1) is 0 Å². The van der Waals surface area contributed by atoms with Gasteiger partial charge in [-0.1, -0.05) is 30.3 Å². The molecule has 1 aromatic carbocycles. The molecule has 18 heavy (non-hydrogen) atoms. The average Bonchev–Trinajstić information content (AvgIpc) is 2.38. The zero-order chi connectivity index (χ0) is 13.4. The maximum Gasteiger partial charge on any atom is 0.260 e. The second-order valence-electron chi connectivity index (χ2n) is 3.35. The number of nitrogens with two attached hydrogens (primary N) is 1. The molecule has 1 rings (SSSR count). The first-order chi connectivity index (χ1) is 8.63. The highest BCUT2D eigenvalue weighted by molar-refractivity contribution is 7.80. The molecule has 0 spiro atoms. The molecule has 0 aliphatic heterocycles. The Bertz CT molecular complexity index is 505. The SMILES string of the molecule is N#C/C(=C/NC(=S)NCc1ccccc1)C(N)=O. The number of hydrogen-bond donors (Lipinski definition) is 3. The molecule has 0 saturated carbocycles. The molecule has 1 aromatic rings. The summed E-state index contributed by atoms with van der Waals surface area (Å²) in [6.07, 6.45) is 1.18. The van der Waals surface area contributed by atoms with Crippen molar-refractivity contribution >= 4 is 23.2 Å². The van der Waals surface area contributed by atoms with Crippen LogP contribution in [-0.4, -0.2) is 11.0 Å². The van der Waals surface area contributed by atoms with Gasteiger partial charge in [-0.05, 0) is 17.8 Å². The molecule has 0 unspecified atom stereocenters. The Kier molecular flexibility index (Phi) is 5.35. The van der Waals surface area contributed by atoms with Crippen molar-refractivity contribution < 1.29 is 4.79 Å². The van der Waals surface area contributed by atoms with E-state index >= 15 is 0 Å². The molecule has 0 aliphatic rings. The number of nitrogens with one attached hydrogen (secondary N) is 2. The van der Waals surface area contributed by atoms with Crippen molar-refractivity contribution in [1.29, 1.82) is 5.26 Å². The zero-order valence-corrected chi connectivity index (χ0v) is 10.3. The largest absolute Gasteiger partial charge is 0.365 e. The van der Waals surface area contributed by atoms with Crippen molar-refractivity contribution in [1.82, 2.24) is 10.6 Å². The van der Waals surface area contributed by atoms with Crippen molar-refractivity contribution in [2.45, 2.75) is 6.54 Å². The Balaban J connectivity index is 2.44. The third-order valence-electron chi connectivity index (χ3n) is 2.03. The van der Waals surface area contributed by atoms with Gasteiger partial charge in [0.1, 0.15) is 11.6 Å². The maximum absolute atomic E-state index is 10.8. The van der Waals surface area contributed by atoms with Crippen LogP contribution < -0.4 is 16.4 Å². The van der Waals surface area contributed by atoms with Crippen LogP contribution in [0.3, 0.4) is 0 Å². The molecular formula is C12H12N4OS. The van der Waals surface area contributed by atoms with Gasteiger partial charge in [0.25, 0.3) is 5.91 Å². The fourth-order valence-electron chi connectivity index (χ4n) is 1.13. The van der Waals surface area contributed by atoms with Gasteiger partial charge < -0.3 is 16.4 Å². The van der Waals surface area contributed by atoms with E-state index in [1.165, 1.54) is 6.20 Å². The summed E-state index contributed by atoms with van der Waals surface area (Å²) in [5, 5.41) is 14.5. The van der Waals surface area contributed by atoms with Crippen molar-refractivity contribution in [3.8, 4) is 6.07 Å². The van der Waals surface area contributed by atoms with E-state index in [0.29, 0.717) is 11.7 Å². The predicted molar refractivity (Wildman–Crippen MR) is 71.9 cm³/mol. The number of primary amides is 1. The molecule has 0 radical (unpaired) electrons. The van der Waals surface area contributed by atoms with Gasteiger partial charge >= 0.3 is 0 Å². The second-order valence-corrected chi connectivity index (χ2v) is 3.75. The molecule has 0 atom stereocenters. The Hall–Kier alpha value is -2.39. The van der Waals surface area contributed by atoms with Gasteiger partial charge in [0, 0.05) is 12.7 Å². The third-order valence-corrected chi connectivity index (χ3v) is 2.29. The number of rotatable bonds is 4. The predicted octanol–water partition coefficient (Wildman–Crippen LogP) is 0.543. The molecule has 6 heteroatoms. The van der Waals surface area contributed by atoms with E-state index in [0.717, 1.165) is 5.56 Å². The average molecular weight is 260 g/mol. The van der Waals surface area contributed by atoms with Gasteiger partial charge in [0.15, 0.2) is 5.11 Å². The van der Waals surface area contributed by atoms with Crippen LogP contribution >= 0.6 is 12.2 Å². The molecular weight excluding hydrogens is 248 g/mol. The van der Waals surface area contributed by atoms with E-state index in [1.54, 1.807) is 6.07 Å². The zero-order valence-electron chi connectivity index (χ0n) is 9.51. The van der Waals surface area contributed by atoms with Crippen molar-refractivity contribution in [3.63, 3.8) is 0 Å². The van der Waals surface area contributed by atoms with E-state index < -0.39 is 5.91 Å². The first kappa shape index (κ1) is 13.7. The van der Waals surface area contributed by atoms with E-state index in [2.05, 4.69) is 10.6 Å². The molecule has 0 saturated heterocycles. The van der Waals surface area contributed by atoms with E-state index in [4.69, 9.17) is 23.2 Å². The third kappa shape index (κ3) is 4.63. The van der Waals surface area contributed by atoms with Crippen LogP contribution in [0.15, 0.2) is 42.1 Å². The summed E-state index contributed by atoms with van der Waals surface area (Å²) in [7, 11) is 0. The Morgan fingerprint density at radius 1 is 1.44 bits per heavy atom. The van der Waals surface area contributed by atoms with Crippen molar-refractivity contribution in [3.05, 3.63) is 47.7 Å². The number of amides is 1. The Morgan fingerprint density at radius 3 is 2.67 bits per heavy atom. The Labute approximate surface area is 110 Å². The minimum Gasteiger partial charge on any atom is -0.365 e. The number of carbonyl (C=O) groups excluding carboxylic acids is 1. The second kappa shape index (κ2) is 7.04.